The van der Waals surface area contributed by atoms with Crippen molar-refractivity contribution in [2.45, 2.75) is 13.0 Å². The fraction of sp³-hybridized carbons (Fsp3) is 0.125. The zero-order chi connectivity index (χ0) is 14.4. The maximum atomic E-state index is 11.5. The van der Waals surface area contributed by atoms with E-state index in [2.05, 4.69) is 22.1 Å². The summed E-state index contributed by atoms with van der Waals surface area (Å²) in [7, 11) is 0. The summed E-state index contributed by atoms with van der Waals surface area (Å²) in [6.07, 6.45) is 0. The van der Waals surface area contributed by atoms with Crippen molar-refractivity contribution >= 4 is 11.7 Å². The van der Waals surface area contributed by atoms with Gasteiger partial charge in [0.05, 0.1) is 6.04 Å². The number of aromatic nitrogens is 1. The highest BCUT2D eigenvalue weighted by Gasteiger charge is 2.07. The van der Waals surface area contributed by atoms with Gasteiger partial charge in [-0.25, -0.2) is 4.98 Å². The molecule has 1 atom stereocenters. The Labute approximate surface area is 118 Å². The van der Waals surface area contributed by atoms with E-state index >= 15 is 0 Å². The van der Waals surface area contributed by atoms with E-state index in [4.69, 9.17) is 5.73 Å². The number of nitrogens with one attached hydrogen (secondary N) is 1. The van der Waals surface area contributed by atoms with Crippen molar-refractivity contribution < 1.29 is 4.79 Å². The summed E-state index contributed by atoms with van der Waals surface area (Å²) < 4.78 is 0. The highest BCUT2D eigenvalue weighted by Crippen LogP contribution is 2.05. The summed E-state index contributed by atoms with van der Waals surface area (Å²) in [4.78, 5) is 15.7. The second kappa shape index (κ2) is 6.50. The third-order valence-electron chi connectivity index (χ3n) is 2.52. The van der Waals surface area contributed by atoms with E-state index in [0.717, 1.165) is 5.56 Å². The molecule has 0 fully saturated rings. The molecule has 0 aliphatic carbocycles. The van der Waals surface area contributed by atoms with Crippen LogP contribution in [0.1, 0.15) is 18.2 Å². The predicted octanol–water partition coefficient (Wildman–Crippen LogP) is 1.77. The van der Waals surface area contributed by atoms with Crippen LogP contribution in [0.5, 0.6) is 0 Å². The zero-order valence-electron chi connectivity index (χ0n) is 11.1. The molecule has 3 N–H and O–H groups in total. The fourth-order valence-electron chi connectivity index (χ4n) is 1.47. The van der Waals surface area contributed by atoms with E-state index in [0.29, 0.717) is 11.5 Å². The number of amides is 1. The molecule has 2 rings (SSSR count). The molecule has 4 nitrogen and oxygen atoms in total. The maximum absolute atomic E-state index is 11.5. The summed E-state index contributed by atoms with van der Waals surface area (Å²) in [5.41, 5.74) is 7.00. The lowest BCUT2D eigenvalue weighted by Gasteiger charge is -2.06. The monoisotopic (exact) mass is 265 g/mol. The predicted molar refractivity (Wildman–Crippen MR) is 78.9 cm³/mol. The lowest BCUT2D eigenvalue weighted by molar-refractivity contribution is -0.117. The second-order valence-electron chi connectivity index (χ2n) is 4.30. The molecule has 4 heteroatoms. The first-order valence-electron chi connectivity index (χ1n) is 6.26. The highest BCUT2D eigenvalue weighted by atomic mass is 16.2. The number of rotatable bonds is 2. The number of pyridine rings is 1. The average molecular weight is 265 g/mol. The standard InChI is InChI=1S/C16H15N3O/c1-12(17)16(20)19-15-9-5-8-14(18-15)11-10-13-6-3-2-4-7-13/h2-9,12H,17H2,1H3,(H,18,19,20). The van der Waals surface area contributed by atoms with Crippen molar-refractivity contribution in [2.75, 3.05) is 5.32 Å². The molecule has 1 heterocycles. The van der Waals surface area contributed by atoms with Crippen LogP contribution < -0.4 is 11.1 Å². The molecule has 0 saturated heterocycles. The zero-order valence-corrected chi connectivity index (χ0v) is 11.1. The molecule has 0 spiro atoms. The van der Waals surface area contributed by atoms with Crippen LogP contribution in [-0.4, -0.2) is 16.9 Å². The average Bonchev–Trinajstić information content (AvgIpc) is 2.46. The van der Waals surface area contributed by atoms with Crippen LogP contribution in [0, 0.1) is 11.8 Å². The Balaban J connectivity index is 2.15. The minimum absolute atomic E-state index is 0.273. The molecular formula is C16H15N3O. The first-order valence-corrected chi connectivity index (χ1v) is 6.26. The van der Waals surface area contributed by atoms with E-state index in [9.17, 15) is 4.79 Å². The molecular weight excluding hydrogens is 250 g/mol. The summed E-state index contributed by atoms with van der Waals surface area (Å²) in [5, 5.41) is 2.64. The van der Waals surface area contributed by atoms with Gasteiger partial charge in [-0.15, -0.1) is 0 Å². The van der Waals surface area contributed by atoms with Crippen molar-refractivity contribution in [3.05, 3.63) is 59.8 Å². The largest absolute Gasteiger partial charge is 0.320 e. The minimum Gasteiger partial charge on any atom is -0.320 e. The number of nitrogens with zero attached hydrogens (tertiary/aromatic N) is 1. The van der Waals surface area contributed by atoms with Crippen molar-refractivity contribution in [2.24, 2.45) is 5.73 Å². The Kier molecular flexibility index (Phi) is 4.48. The van der Waals surface area contributed by atoms with Gasteiger partial charge in [0.1, 0.15) is 11.5 Å². The number of hydrogen-bond donors (Lipinski definition) is 2. The van der Waals surface area contributed by atoms with Crippen molar-refractivity contribution in [3.63, 3.8) is 0 Å². The van der Waals surface area contributed by atoms with Gasteiger partial charge in [-0.2, -0.15) is 0 Å². The van der Waals surface area contributed by atoms with Gasteiger partial charge in [-0.3, -0.25) is 4.79 Å². The summed E-state index contributed by atoms with van der Waals surface area (Å²) >= 11 is 0. The van der Waals surface area contributed by atoms with E-state index in [1.807, 2.05) is 30.3 Å². The third kappa shape index (κ3) is 3.94. The first kappa shape index (κ1) is 13.8. The molecule has 2 aromatic rings. The van der Waals surface area contributed by atoms with Gasteiger partial charge in [0.25, 0.3) is 0 Å². The highest BCUT2D eigenvalue weighted by molar-refractivity contribution is 5.93. The molecule has 0 radical (unpaired) electrons. The van der Waals surface area contributed by atoms with Gasteiger partial charge >= 0.3 is 0 Å². The van der Waals surface area contributed by atoms with Crippen LogP contribution in [0.15, 0.2) is 48.5 Å². The molecule has 1 aromatic heterocycles. The van der Waals surface area contributed by atoms with Gasteiger partial charge in [0.2, 0.25) is 5.91 Å². The van der Waals surface area contributed by atoms with Gasteiger partial charge < -0.3 is 11.1 Å². The number of benzene rings is 1. The number of anilines is 1. The van der Waals surface area contributed by atoms with Crippen LogP contribution in [0.2, 0.25) is 0 Å². The van der Waals surface area contributed by atoms with E-state index in [-0.39, 0.29) is 5.91 Å². The van der Waals surface area contributed by atoms with Crippen molar-refractivity contribution in [1.29, 1.82) is 0 Å². The molecule has 0 saturated carbocycles. The molecule has 1 aromatic carbocycles. The van der Waals surface area contributed by atoms with Gasteiger partial charge in [-0.05, 0) is 37.1 Å². The summed E-state index contributed by atoms with van der Waals surface area (Å²) in [6.45, 7) is 1.62. The van der Waals surface area contributed by atoms with Crippen LogP contribution in [0.3, 0.4) is 0 Å². The Hall–Kier alpha value is -2.64. The second-order valence-corrected chi connectivity index (χ2v) is 4.30. The molecule has 100 valence electrons. The number of carbonyl (C=O) groups excluding carboxylic acids is 1. The molecule has 0 aliphatic heterocycles. The van der Waals surface area contributed by atoms with Crippen LogP contribution in [-0.2, 0) is 4.79 Å². The molecule has 0 aliphatic rings. The van der Waals surface area contributed by atoms with Crippen molar-refractivity contribution in [3.8, 4) is 11.8 Å². The van der Waals surface area contributed by atoms with Gasteiger partial charge in [0.15, 0.2) is 0 Å². The Morgan fingerprint density at radius 2 is 1.90 bits per heavy atom. The fourth-order valence-corrected chi connectivity index (χ4v) is 1.47. The van der Waals surface area contributed by atoms with E-state index in [1.165, 1.54) is 0 Å². The lowest BCUT2D eigenvalue weighted by atomic mass is 10.2. The number of hydrogen-bond acceptors (Lipinski definition) is 3. The third-order valence-corrected chi connectivity index (χ3v) is 2.52. The molecule has 1 unspecified atom stereocenters. The van der Waals surface area contributed by atoms with Gasteiger partial charge in [-0.1, -0.05) is 30.2 Å². The SMILES string of the molecule is CC(N)C(=O)Nc1cccc(C#Cc2ccccc2)n1. The van der Waals surface area contributed by atoms with Crippen LogP contribution >= 0.6 is 0 Å². The Bertz CT molecular complexity index is 654. The Morgan fingerprint density at radius 1 is 1.15 bits per heavy atom. The summed E-state index contributed by atoms with van der Waals surface area (Å²) in [6, 6.07) is 14.4. The number of carbonyl (C=O) groups is 1. The topological polar surface area (TPSA) is 68.0 Å². The van der Waals surface area contributed by atoms with Gasteiger partial charge in [0, 0.05) is 5.56 Å². The maximum Gasteiger partial charge on any atom is 0.242 e. The quantitative estimate of drug-likeness (QED) is 0.813. The van der Waals surface area contributed by atoms with E-state index in [1.54, 1.807) is 25.1 Å². The normalized spacial score (nSPS) is 11.1. The Morgan fingerprint density at radius 3 is 2.60 bits per heavy atom. The smallest absolute Gasteiger partial charge is 0.242 e. The molecule has 0 bridgehead atoms. The lowest BCUT2D eigenvalue weighted by Crippen LogP contribution is -2.32. The minimum atomic E-state index is -0.573. The van der Waals surface area contributed by atoms with Crippen molar-refractivity contribution in [1.82, 2.24) is 4.98 Å². The number of nitrogens with two attached hydrogens (primary N) is 1. The van der Waals surface area contributed by atoms with Crippen LogP contribution in [0.4, 0.5) is 5.82 Å². The summed E-state index contributed by atoms with van der Waals surface area (Å²) in [5.74, 6) is 6.15. The molecule has 20 heavy (non-hydrogen) atoms. The van der Waals surface area contributed by atoms with Crippen LogP contribution in [0.25, 0.3) is 0 Å². The van der Waals surface area contributed by atoms with E-state index < -0.39 is 6.04 Å². The first-order chi connectivity index (χ1) is 9.65. The molecule has 1 amide bonds.